The predicted octanol–water partition coefficient (Wildman–Crippen LogP) is 4.51. The number of methoxy groups -OCH3 is 1. The van der Waals surface area contributed by atoms with E-state index in [1.54, 1.807) is 18.2 Å². The Bertz CT molecular complexity index is 979. The van der Waals surface area contributed by atoms with Crippen molar-refractivity contribution in [3.8, 4) is 22.8 Å². The van der Waals surface area contributed by atoms with Crippen LogP contribution in [-0.2, 0) is 0 Å². The molecule has 3 aromatic rings. The van der Waals surface area contributed by atoms with Crippen LogP contribution in [0.1, 0.15) is 10.4 Å². The van der Waals surface area contributed by atoms with Crippen molar-refractivity contribution in [3.63, 3.8) is 0 Å². The molecule has 0 aliphatic heterocycles. The van der Waals surface area contributed by atoms with E-state index < -0.39 is 11.7 Å². The van der Waals surface area contributed by atoms with Gasteiger partial charge in [-0.3, -0.25) is 9.78 Å². The summed E-state index contributed by atoms with van der Waals surface area (Å²) in [6.07, 6.45) is 1.51. The normalized spacial score (nSPS) is 10.4. The van der Waals surface area contributed by atoms with Gasteiger partial charge in [0.25, 0.3) is 5.91 Å². The zero-order valence-electron chi connectivity index (χ0n) is 13.7. The van der Waals surface area contributed by atoms with Crippen LogP contribution in [-0.4, -0.2) is 23.1 Å². The van der Waals surface area contributed by atoms with Gasteiger partial charge in [0.05, 0.1) is 17.8 Å². The number of hydrogen-bond acceptors (Lipinski definition) is 4. The van der Waals surface area contributed by atoms with Crippen molar-refractivity contribution in [1.82, 2.24) is 4.98 Å². The molecule has 7 heteroatoms. The first kappa shape index (κ1) is 17.7. The van der Waals surface area contributed by atoms with Gasteiger partial charge in [0, 0.05) is 29.1 Å². The van der Waals surface area contributed by atoms with Crippen LogP contribution in [0.25, 0.3) is 11.3 Å². The van der Waals surface area contributed by atoms with Crippen molar-refractivity contribution in [1.29, 1.82) is 0 Å². The molecule has 0 unspecified atom stereocenters. The second-order valence-corrected chi connectivity index (χ2v) is 5.78. The lowest BCUT2D eigenvalue weighted by molar-refractivity contribution is 0.102. The van der Waals surface area contributed by atoms with Gasteiger partial charge in [0.15, 0.2) is 11.5 Å². The van der Waals surface area contributed by atoms with Crippen LogP contribution < -0.4 is 10.1 Å². The number of rotatable bonds is 4. The SMILES string of the molecule is COc1ccc(NC(=O)c2ccc(-c3ncccc3Cl)c(F)c2)cc1O. The van der Waals surface area contributed by atoms with E-state index in [1.165, 1.54) is 37.6 Å². The summed E-state index contributed by atoms with van der Waals surface area (Å²) in [5.74, 6) is -0.967. The van der Waals surface area contributed by atoms with Crippen molar-refractivity contribution < 1.29 is 19.0 Å². The van der Waals surface area contributed by atoms with Gasteiger partial charge in [0.2, 0.25) is 0 Å². The number of pyridine rings is 1. The predicted molar refractivity (Wildman–Crippen MR) is 97.3 cm³/mol. The summed E-state index contributed by atoms with van der Waals surface area (Å²) in [6, 6.07) is 11.7. The lowest BCUT2D eigenvalue weighted by Gasteiger charge is -2.10. The Morgan fingerprint density at radius 1 is 1.23 bits per heavy atom. The minimum atomic E-state index is -0.615. The van der Waals surface area contributed by atoms with Gasteiger partial charge in [-0.2, -0.15) is 0 Å². The average Bonchev–Trinajstić information content (AvgIpc) is 2.62. The quantitative estimate of drug-likeness (QED) is 0.707. The number of carbonyl (C=O) groups is 1. The number of hydrogen-bond donors (Lipinski definition) is 2. The van der Waals surface area contributed by atoms with Gasteiger partial charge in [-0.25, -0.2) is 4.39 Å². The number of aromatic hydroxyl groups is 1. The summed E-state index contributed by atoms with van der Waals surface area (Å²) in [7, 11) is 1.42. The third kappa shape index (κ3) is 3.60. The van der Waals surface area contributed by atoms with Crippen LogP contribution in [0.15, 0.2) is 54.7 Å². The molecule has 0 spiro atoms. The van der Waals surface area contributed by atoms with Gasteiger partial charge in [-0.15, -0.1) is 0 Å². The third-order valence-electron chi connectivity index (χ3n) is 3.68. The van der Waals surface area contributed by atoms with Crippen LogP contribution in [0, 0.1) is 5.82 Å². The number of nitrogens with one attached hydrogen (secondary N) is 1. The largest absolute Gasteiger partial charge is 0.504 e. The van der Waals surface area contributed by atoms with Crippen molar-refractivity contribution in [2.45, 2.75) is 0 Å². The van der Waals surface area contributed by atoms with Crippen molar-refractivity contribution >= 4 is 23.2 Å². The van der Waals surface area contributed by atoms with Gasteiger partial charge < -0.3 is 15.2 Å². The Balaban J connectivity index is 1.84. The first-order valence-corrected chi connectivity index (χ1v) is 7.96. The van der Waals surface area contributed by atoms with Gasteiger partial charge in [-0.05, 0) is 42.5 Å². The van der Waals surface area contributed by atoms with E-state index in [9.17, 15) is 14.3 Å². The molecular formula is C19H14ClFN2O3. The molecule has 0 radical (unpaired) electrons. The van der Waals surface area contributed by atoms with E-state index in [0.29, 0.717) is 16.4 Å². The maximum Gasteiger partial charge on any atom is 0.255 e. The molecule has 3 rings (SSSR count). The fraction of sp³-hybridized carbons (Fsp3) is 0.0526. The summed E-state index contributed by atoms with van der Waals surface area (Å²) in [6.45, 7) is 0. The zero-order valence-corrected chi connectivity index (χ0v) is 14.4. The maximum atomic E-state index is 14.4. The first-order chi connectivity index (χ1) is 12.5. The van der Waals surface area contributed by atoms with E-state index >= 15 is 0 Å². The van der Waals surface area contributed by atoms with E-state index in [-0.39, 0.29) is 22.6 Å². The fourth-order valence-corrected chi connectivity index (χ4v) is 2.63. The number of nitrogens with zero attached hydrogens (tertiary/aromatic N) is 1. The lowest BCUT2D eigenvalue weighted by atomic mass is 10.1. The van der Waals surface area contributed by atoms with E-state index in [4.69, 9.17) is 16.3 Å². The monoisotopic (exact) mass is 372 g/mol. The molecule has 0 fully saturated rings. The number of phenolic OH excluding ortho intramolecular Hbond substituents is 1. The molecule has 2 N–H and O–H groups in total. The van der Waals surface area contributed by atoms with E-state index in [1.807, 2.05) is 0 Å². The topological polar surface area (TPSA) is 71.5 Å². The smallest absolute Gasteiger partial charge is 0.255 e. The minimum Gasteiger partial charge on any atom is -0.504 e. The Kier molecular flexibility index (Phi) is 5.04. The standard InChI is InChI=1S/C19H14ClFN2O3/c1-26-17-7-5-12(10-16(17)24)23-19(25)11-4-6-13(15(21)9-11)18-14(20)3-2-8-22-18/h2-10,24H,1H3,(H,23,25). The minimum absolute atomic E-state index is 0.114. The lowest BCUT2D eigenvalue weighted by Crippen LogP contribution is -2.12. The highest BCUT2D eigenvalue weighted by Crippen LogP contribution is 2.30. The Morgan fingerprint density at radius 3 is 2.69 bits per heavy atom. The summed E-state index contributed by atoms with van der Waals surface area (Å²) in [4.78, 5) is 16.4. The number of anilines is 1. The third-order valence-corrected chi connectivity index (χ3v) is 3.99. The van der Waals surface area contributed by atoms with Crippen molar-refractivity contribution in [2.24, 2.45) is 0 Å². The Hall–Kier alpha value is -3.12. The Morgan fingerprint density at radius 2 is 2.04 bits per heavy atom. The molecule has 0 bridgehead atoms. The highest BCUT2D eigenvalue weighted by Gasteiger charge is 2.14. The van der Waals surface area contributed by atoms with E-state index in [2.05, 4.69) is 10.3 Å². The van der Waals surface area contributed by atoms with Gasteiger partial charge in [0.1, 0.15) is 5.82 Å². The fourth-order valence-electron chi connectivity index (χ4n) is 2.40. The molecular weight excluding hydrogens is 359 g/mol. The van der Waals surface area contributed by atoms with Crippen LogP contribution in [0.3, 0.4) is 0 Å². The van der Waals surface area contributed by atoms with Gasteiger partial charge >= 0.3 is 0 Å². The maximum absolute atomic E-state index is 14.4. The molecule has 0 saturated carbocycles. The van der Waals surface area contributed by atoms with E-state index in [0.717, 1.165) is 6.07 Å². The zero-order chi connectivity index (χ0) is 18.7. The number of ether oxygens (including phenoxy) is 1. The highest BCUT2D eigenvalue weighted by atomic mass is 35.5. The number of phenols is 1. The average molecular weight is 373 g/mol. The van der Waals surface area contributed by atoms with Gasteiger partial charge in [-0.1, -0.05) is 11.6 Å². The molecule has 1 amide bonds. The van der Waals surface area contributed by atoms with Crippen LogP contribution in [0.4, 0.5) is 10.1 Å². The second kappa shape index (κ2) is 7.41. The highest BCUT2D eigenvalue weighted by molar-refractivity contribution is 6.33. The molecule has 1 aromatic heterocycles. The number of benzene rings is 2. The molecule has 0 aliphatic carbocycles. The van der Waals surface area contributed by atoms with Crippen molar-refractivity contribution in [3.05, 3.63) is 71.1 Å². The van der Waals surface area contributed by atoms with Crippen LogP contribution >= 0.6 is 11.6 Å². The van der Waals surface area contributed by atoms with Crippen LogP contribution in [0.2, 0.25) is 5.02 Å². The number of halogens is 2. The number of aromatic nitrogens is 1. The molecule has 26 heavy (non-hydrogen) atoms. The molecule has 132 valence electrons. The molecule has 0 atom stereocenters. The second-order valence-electron chi connectivity index (χ2n) is 5.37. The Labute approximate surface area is 154 Å². The number of amides is 1. The summed E-state index contributed by atoms with van der Waals surface area (Å²) in [5, 5.41) is 12.7. The molecule has 5 nitrogen and oxygen atoms in total. The summed E-state index contributed by atoms with van der Waals surface area (Å²) < 4.78 is 19.4. The summed E-state index contributed by atoms with van der Waals surface area (Å²) in [5.41, 5.74) is 0.979. The molecule has 0 aliphatic rings. The molecule has 0 saturated heterocycles. The number of carbonyl (C=O) groups excluding carboxylic acids is 1. The summed E-state index contributed by atoms with van der Waals surface area (Å²) >= 11 is 6.04. The molecule has 1 heterocycles. The molecule has 2 aromatic carbocycles. The first-order valence-electron chi connectivity index (χ1n) is 7.58. The van der Waals surface area contributed by atoms with Crippen molar-refractivity contribution in [2.75, 3.05) is 12.4 Å². The van der Waals surface area contributed by atoms with Crippen LogP contribution in [0.5, 0.6) is 11.5 Å².